The predicted molar refractivity (Wildman–Crippen MR) is 80.0 cm³/mol. The van der Waals surface area contributed by atoms with Gasteiger partial charge in [0.05, 0.1) is 0 Å². The second-order valence-corrected chi connectivity index (χ2v) is 6.13. The first-order valence-corrected chi connectivity index (χ1v) is 7.83. The molecule has 0 amide bonds. The molecule has 0 saturated heterocycles. The van der Waals surface area contributed by atoms with E-state index in [1.807, 2.05) is 17.8 Å². The summed E-state index contributed by atoms with van der Waals surface area (Å²) in [6.45, 7) is 4.45. The Morgan fingerprint density at radius 3 is 2.59 bits per heavy atom. The number of thioether (sulfide) groups is 1. The Bertz CT molecular complexity index is 329. The Hall–Kier alpha value is -0.0300. The molecule has 1 atom stereocenters. The third-order valence-corrected chi connectivity index (χ3v) is 4.66. The molecule has 0 radical (unpaired) electrons. The summed E-state index contributed by atoms with van der Waals surface area (Å²) >= 11 is 5.34. The molecule has 1 aromatic carbocycles. The highest BCUT2D eigenvalue weighted by Gasteiger charge is 2.17. The van der Waals surface area contributed by atoms with Gasteiger partial charge in [-0.1, -0.05) is 48.7 Å². The van der Waals surface area contributed by atoms with Crippen molar-refractivity contribution in [2.75, 3.05) is 5.75 Å². The molecule has 17 heavy (non-hydrogen) atoms. The molecule has 0 aromatic heterocycles. The average molecular weight is 317 g/mol. The molecule has 96 valence electrons. The molecule has 3 N–H and O–H groups in total. The largest absolute Gasteiger partial charge is 0.271 e. The van der Waals surface area contributed by atoms with Crippen LogP contribution in [0.15, 0.2) is 33.6 Å². The Kier molecular flexibility index (Phi) is 7.19. The Balaban J connectivity index is 2.52. The molecule has 0 aliphatic carbocycles. The van der Waals surface area contributed by atoms with E-state index in [1.165, 1.54) is 17.7 Å². The summed E-state index contributed by atoms with van der Waals surface area (Å²) < 4.78 is 1.13. The van der Waals surface area contributed by atoms with E-state index >= 15 is 0 Å². The fourth-order valence-corrected chi connectivity index (χ4v) is 3.60. The maximum atomic E-state index is 5.65. The molecular weight excluding hydrogens is 296 g/mol. The van der Waals surface area contributed by atoms with Crippen molar-refractivity contribution < 1.29 is 0 Å². The van der Waals surface area contributed by atoms with Crippen LogP contribution in [0.5, 0.6) is 0 Å². The number of nitrogens with two attached hydrogens (primary N) is 1. The Morgan fingerprint density at radius 2 is 2.06 bits per heavy atom. The number of hydrogen-bond donors (Lipinski definition) is 2. The van der Waals surface area contributed by atoms with E-state index in [1.54, 1.807) is 0 Å². The molecule has 0 spiro atoms. The number of benzene rings is 1. The zero-order valence-corrected chi connectivity index (χ0v) is 12.9. The van der Waals surface area contributed by atoms with Gasteiger partial charge in [0.25, 0.3) is 0 Å². The monoisotopic (exact) mass is 316 g/mol. The smallest absolute Gasteiger partial charge is 0.0332 e. The maximum Gasteiger partial charge on any atom is 0.0332 e. The second-order valence-electron chi connectivity index (χ2n) is 4.12. The van der Waals surface area contributed by atoms with E-state index in [0.717, 1.165) is 10.2 Å². The molecule has 4 heteroatoms. The Morgan fingerprint density at radius 1 is 1.35 bits per heavy atom. The zero-order valence-electron chi connectivity index (χ0n) is 10.4. The molecular formula is C13H21BrN2S. The number of rotatable bonds is 7. The molecule has 0 saturated carbocycles. The van der Waals surface area contributed by atoms with Crippen molar-refractivity contribution in [3.63, 3.8) is 0 Å². The first-order chi connectivity index (χ1) is 8.21. The van der Waals surface area contributed by atoms with Gasteiger partial charge < -0.3 is 0 Å². The van der Waals surface area contributed by atoms with Crippen LogP contribution in [0.25, 0.3) is 0 Å². The summed E-state index contributed by atoms with van der Waals surface area (Å²) in [7, 11) is 0. The minimum absolute atomic E-state index is 0.383. The van der Waals surface area contributed by atoms with E-state index in [0.29, 0.717) is 12.0 Å². The summed E-state index contributed by atoms with van der Waals surface area (Å²) in [4.78, 5) is 1.28. The average Bonchev–Trinajstić information content (AvgIpc) is 2.34. The van der Waals surface area contributed by atoms with Crippen LogP contribution in [0.4, 0.5) is 0 Å². The molecule has 0 aliphatic rings. The van der Waals surface area contributed by atoms with Crippen LogP contribution < -0.4 is 11.3 Å². The standard InChI is InChI=1S/C13H21BrN2S/c1-3-10(4-2)13(16-15)9-17-12-7-5-6-11(14)8-12/h5-8,10,13,16H,3-4,9,15H2,1-2H3. The molecule has 2 nitrogen and oxygen atoms in total. The lowest BCUT2D eigenvalue weighted by molar-refractivity contribution is 0.364. The molecule has 1 aromatic rings. The lowest BCUT2D eigenvalue weighted by Gasteiger charge is -2.24. The van der Waals surface area contributed by atoms with E-state index in [9.17, 15) is 0 Å². The van der Waals surface area contributed by atoms with Crippen molar-refractivity contribution >= 4 is 27.7 Å². The summed E-state index contributed by atoms with van der Waals surface area (Å²) in [6.07, 6.45) is 2.34. The summed E-state index contributed by atoms with van der Waals surface area (Å²) in [6, 6.07) is 8.77. The highest BCUT2D eigenvalue weighted by atomic mass is 79.9. The lowest BCUT2D eigenvalue weighted by atomic mass is 9.96. The predicted octanol–water partition coefficient (Wildman–Crippen LogP) is 3.81. The van der Waals surface area contributed by atoms with Crippen molar-refractivity contribution in [1.82, 2.24) is 5.43 Å². The van der Waals surface area contributed by atoms with Gasteiger partial charge in [-0.2, -0.15) is 0 Å². The first-order valence-electron chi connectivity index (χ1n) is 6.05. The molecule has 0 bridgehead atoms. The van der Waals surface area contributed by atoms with E-state index < -0.39 is 0 Å². The molecule has 1 unspecified atom stereocenters. The molecule has 0 aliphatic heterocycles. The van der Waals surface area contributed by atoms with Crippen LogP contribution in [0.2, 0.25) is 0 Å². The Labute approximate surface area is 117 Å². The van der Waals surface area contributed by atoms with Crippen LogP contribution in [0.3, 0.4) is 0 Å². The third kappa shape index (κ3) is 5.00. The molecule has 0 fully saturated rings. The van der Waals surface area contributed by atoms with Gasteiger partial charge in [-0.05, 0) is 24.1 Å². The first kappa shape index (κ1) is 15.0. The third-order valence-electron chi connectivity index (χ3n) is 3.06. The SMILES string of the molecule is CCC(CC)C(CSc1cccc(Br)c1)NN. The van der Waals surface area contributed by atoms with Gasteiger partial charge >= 0.3 is 0 Å². The number of halogens is 1. The lowest BCUT2D eigenvalue weighted by Crippen LogP contribution is -2.42. The van der Waals surface area contributed by atoms with Crippen LogP contribution >= 0.6 is 27.7 Å². The highest BCUT2D eigenvalue weighted by Crippen LogP contribution is 2.25. The number of nitrogens with one attached hydrogen (secondary N) is 1. The summed E-state index contributed by atoms with van der Waals surface area (Å²) in [5.74, 6) is 7.31. The van der Waals surface area contributed by atoms with Gasteiger partial charge in [0.1, 0.15) is 0 Å². The van der Waals surface area contributed by atoms with Gasteiger partial charge in [-0.15, -0.1) is 11.8 Å². The van der Waals surface area contributed by atoms with Crippen molar-refractivity contribution in [3.8, 4) is 0 Å². The number of hydrazine groups is 1. The van der Waals surface area contributed by atoms with Gasteiger partial charge in [-0.3, -0.25) is 11.3 Å². The quantitative estimate of drug-likeness (QED) is 0.456. The zero-order chi connectivity index (χ0) is 12.7. The van der Waals surface area contributed by atoms with Crippen molar-refractivity contribution in [2.24, 2.45) is 11.8 Å². The van der Waals surface area contributed by atoms with Crippen molar-refractivity contribution in [2.45, 2.75) is 37.6 Å². The fourth-order valence-electron chi connectivity index (χ4n) is 1.92. The minimum Gasteiger partial charge on any atom is -0.271 e. The highest BCUT2D eigenvalue weighted by molar-refractivity contribution is 9.10. The maximum absolute atomic E-state index is 5.65. The topological polar surface area (TPSA) is 38.0 Å². The number of hydrogen-bond acceptors (Lipinski definition) is 3. The summed E-state index contributed by atoms with van der Waals surface area (Å²) in [5, 5.41) is 0. The molecule has 1 rings (SSSR count). The van der Waals surface area contributed by atoms with E-state index in [4.69, 9.17) is 5.84 Å². The minimum atomic E-state index is 0.383. The fraction of sp³-hybridized carbons (Fsp3) is 0.538. The van der Waals surface area contributed by atoms with Gasteiger partial charge in [0.2, 0.25) is 0 Å². The van der Waals surface area contributed by atoms with Gasteiger partial charge in [0.15, 0.2) is 0 Å². The van der Waals surface area contributed by atoms with Crippen molar-refractivity contribution in [1.29, 1.82) is 0 Å². The van der Waals surface area contributed by atoms with Crippen LogP contribution in [-0.2, 0) is 0 Å². The van der Waals surface area contributed by atoms with E-state index in [-0.39, 0.29) is 0 Å². The van der Waals surface area contributed by atoms with Crippen molar-refractivity contribution in [3.05, 3.63) is 28.7 Å². The van der Waals surface area contributed by atoms with Gasteiger partial charge in [-0.25, -0.2) is 0 Å². The molecule has 0 heterocycles. The van der Waals surface area contributed by atoms with E-state index in [2.05, 4.69) is 53.4 Å². The van der Waals surface area contributed by atoms with Crippen LogP contribution in [0.1, 0.15) is 26.7 Å². The normalized spacial score (nSPS) is 13.0. The van der Waals surface area contributed by atoms with Gasteiger partial charge in [0, 0.05) is 21.2 Å². The van der Waals surface area contributed by atoms with Crippen LogP contribution in [-0.4, -0.2) is 11.8 Å². The summed E-state index contributed by atoms with van der Waals surface area (Å²) in [5.41, 5.74) is 2.96. The van der Waals surface area contributed by atoms with Crippen LogP contribution in [0, 0.1) is 5.92 Å². The second kappa shape index (κ2) is 8.14.